The highest BCUT2D eigenvalue weighted by Crippen LogP contribution is 2.41. The van der Waals surface area contributed by atoms with Crippen LogP contribution in [0, 0.1) is 23.0 Å². The van der Waals surface area contributed by atoms with Gasteiger partial charge < -0.3 is 9.88 Å². The monoisotopic (exact) mass is 440 g/mol. The van der Waals surface area contributed by atoms with E-state index in [9.17, 15) is 18.8 Å². The number of amides is 1. The Hall–Kier alpha value is -4.31. The highest BCUT2D eigenvalue weighted by Gasteiger charge is 2.31. The molecule has 0 fully saturated rings. The third-order valence-corrected chi connectivity index (χ3v) is 5.89. The van der Waals surface area contributed by atoms with E-state index in [0.29, 0.717) is 35.3 Å². The molecule has 0 radical (unpaired) electrons. The number of fused-ring (bicyclic) bond motifs is 1. The number of nitrogens with zero attached hydrogens (tertiary/aromatic N) is 3. The number of rotatable bonds is 4. The lowest BCUT2D eigenvalue weighted by Crippen LogP contribution is -2.32. The molecule has 0 saturated heterocycles. The predicted molar refractivity (Wildman–Crippen MR) is 119 cm³/mol. The zero-order chi connectivity index (χ0) is 22.9. The number of hydrogen-bond acceptors (Lipinski definition) is 3. The number of pyridine rings is 1. The molecule has 0 aliphatic carbocycles. The van der Waals surface area contributed by atoms with Gasteiger partial charge in [-0.3, -0.25) is 9.78 Å². The number of aromatic nitrogens is 2. The molecular formula is C26H18F2N4O. The van der Waals surface area contributed by atoms with E-state index in [1.165, 1.54) is 24.3 Å². The second-order valence-electron chi connectivity index (χ2n) is 7.76. The van der Waals surface area contributed by atoms with E-state index in [0.717, 1.165) is 11.3 Å². The summed E-state index contributed by atoms with van der Waals surface area (Å²) in [7, 11) is 0. The van der Waals surface area contributed by atoms with Gasteiger partial charge in [-0.1, -0.05) is 18.2 Å². The number of benzene rings is 2. The van der Waals surface area contributed by atoms with Crippen molar-refractivity contribution in [3.63, 3.8) is 0 Å². The molecule has 1 aliphatic heterocycles. The second-order valence-corrected chi connectivity index (χ2v) is 7.76. The van der Waals surface area contributed by atoms with E-state index in [1.54, 1.807) is 30.6 Å². The summed E-state index contributed by atoms with van der Waals surface area (Å²) in [5, 5.41) is 12.4. The molecule has 0 atom stereocenters. The molecule has 0 saturated carbocycles. The normalized spacial score (nSPS) is 12.7. The maximum Gasteiger partial charge on any atom is 0.253 e. The van der Waals surface area contributed by atoms with Crippen LogP contribution in [0.2, 0.25) is 0 Å². The van der Waals surface area contributed by atoms with Gasteiger partial charge in [0.15, 0.2) is 0 Å². The van der Waals surface area contributed by atoms with Crippen LogP contribution in [-0.4, -0.2) is 22.0 Å². The molecule has 4 aromatic rings. The Balaban J connectivity index is 1.85. The Morgan fingerprint density at radius 2 is 1.76 bits per heavy atom. The van der Waals surface area contributed by atoms with Gasteiger partial charge in [-0.2, -0.15) is 5.26 Å². The summed E-state index contributed by atoms with van der Waals surface area (Å²) < 4.78 is 30.4. The molecule has 7 heteroatoms. The third-order valence-electron chi connectivity index (χ3n) is 5.89. The standard InChI is InChI=1S/C26H18F2N4O/c27-19-6-4-16(5-7-19)23-24-22(10-13-31-26(24)33)32(25(23)17-8-11-30-12-9-17)15-20-18(14-29)2-1-3-21(20)28/h1-9,11-12H,10,13,15H2,(H,31,33). The summed E-state index contributed by atoms with van der Waals surface area (Å²) in [5.74, 6) is -1.11. The van der Waals surface area contributed by atoms with Crippen LogP contribution in [0.1, 0.15) is 27.2 Å². The molecule has 3 heterocycles. The first-order valence-corrected chi connectivity index (χ1v) is 10.5. The van der Waals surface area contributed by atoms with Crippen molar-refractivity contribution in [2.45, 2.75) is 13.0 Å². The molecule has 2 aromatic heterocycles. The maximum absolute atomic E-state index is 14.8. The molecule has 1 aliphatic rings. The molecule has 162 valence electrons. The van der Waals surface area contributed by atoms with Gasteiger partial charge in [0.25, 0.3) is 5.91 Å². The summed E-state index contributed by atoms with van der Waals surface area (Å²) in [6.45, 7) is 0.515. The molecule has 1 N–H and O–H groups in total. The average Bonchev–Trinajstić information content (AvgIpc) is 3.17. The van der Waals surface area contributed by atoms with Gasteiger partial charge in [0, 0.05) is 47.7 Å². The molecule has 0 spiro atoms. The molecule has 2 aromatic carbocycles. The lowest BCUT2D eigenvalue weighted by molar-refractivity contribution is 0.0946. The summed E-state index contributed by atoms with van der Waals surface area (Å²) >= 11 is 0. The number of nitrogens with one attached hydrogen (secondary N) is 1. The summed E-state index contributed by atoms with van der Waals surface area (Å²) in [4.78, 5) is 17.1. The van der Waals surface area contributed by atoms with Gasteiger partial charge in [-0.15, -0.1) is 0 Å². The fourth-order valence-electron chi connectivity index (χ4n) is 4.42. The Morgan fingerprint density at radius 3 is 2.48 bits per heavy atom. The van der Waals surface area contributed by atoms with Crippen molar-refractivity contribution in [3.05, 3.63) is 101 Å². The van der Waals surface area contributed by atoms with Crippen LogP contribution in [0.15, 0.2) is 67.0 Å². The van der Waals surface area contributed by atoms with Crippen molar-refractivity contribution in [2.24, 2.45) is 0 Å². The smallest absolute Gasteiger partial charge is 0.253 e. The van der Waals surface area contributed by atoms with E-state index in [-0.39, 0.29) is 29.4 Å². The van der Waals surface area contributed by atoms with Crippen molar-refractivity contribution in [3.8, 4) is 28.5 Å². The summed E-state index contributed by atoms with van der Waals surface area (Å²) in [6.07, 6.45) is 3.82. The van der Waals surface area contributed by atoms with E-state index in [2.05, 4.69) is 16.4 Å². The van der Waals surface area contributed by atoms with Gasteiger partial charge in [0.1, 0.15) is 11.6 Å². The highest BCUT2D eigenvalue weighted by molar-refractivity contribution is 6.07. The van der Waals surface area contributed by atoms with Gasteiger partial charge >= 0.3 is 0 Å². The summed E-state index contributed by atoms with van der Waals surface area (Å²) in [5.41, 5.74) is 4.50. The van der Waals surface area contributed by atoms with E-state index >= 15 is 0 Å². The Morgan fingerprint density at radius 1 is 1.00 bits per heavy atom. The predicted octanol–water partition coefficient (Wildman–Crippen LogP) is 4.70. The zero-order valence-corrected chi connectivity index (χ0v) is 17.5. The zero-order valence-electron chi connectivity index (χ0n) is 17.5. The minimum absolute atomic E-state index is 0.0734. The van der Waals surface area contributed by atoms with Crippen LogP contribution < -0.4 is 5.32 Å². The SMILES string of the molecule is N#Cc1cccc(F)c1Cn1c2c(c(-c3ccc(F)cc3)c1-c1ccncc1)C(=O)NCC2. The number of hydrogen-bond donors (Lipinski definition) is 1. The van der Waals surface area contributed by atoms with Crippen molar-refractivity contribution in [2.75, 3.05) is 6.54 Å². The Kier molecular flexibility index (Phi) is 5.19. The topological polar surface area (TPSA) is 70.7 Å². The Bertz CT molecular complexity index is 1400. The lowest BCUT2D eigenvalue weighted by Gasteiger charge is -2.18. The van der Waals surface area contributed by atoms with E-state index < -0.39 is 5.82 Å². The lowest BCUT2D eigenvalue weighted by atomic mass is 9.95. The largest absolute Gasteiger partial charge is 0.352 e. The van der Waals surface area contributed by atoms with Crippen LogP contribution in [-0.2, 0) is 13.0 Å². The molecule has 5 nitrogen and oxygen atoms in total. The van der Waals surface area contributed by atoms with Crippen molar-refractivity contribution in [1.82, 2.24) is 14.9 Å². The van der Waals surface area contributed by atoms with E-state index in [4.69, 9.17) is 0 Å². The average molecular weight is 440 g/mol. The number of halogens is 2. The quantitative estimate of drug-likeness (QED) is 0.500. The first-order valence-electron chi connectivity index (χ1n) is 10.5. The fourth-order valence-corrected chi connectivity index (χ4v) is 4.42. The van der Waals surface area contributed by atoms with Crippen LogP contribution in [0.5, 0.6) is 0 Å². The maximum atomic E-state index is 14.8. The molecular weight excluding hydrogens is 422 g/mol. The van der Waals surface area contributed by atoms with Gasteiger partial charge in [-0.25, -0.2) is 8.78 Å². The van der Waals surface area contributed by atoms with Crippen LogP contribution in [0.3, 0.4) is 0 Å². The third kappa shape index (κ3) is 3.56. The van der Waals surface area contributed by atoms with Crippen molar-refractivity contribution < 1.29 is 13.6 Å². The second kappa shape index (κ2) is 8.32. The van der Waals surface area contributed by atoms with Crippen LogP contribution in [0.25, 0.3) is 22.4 Å². The van der Waals surface area contributed by atoms with Crippen LogP contribution in [0.4, 0.5) is 8.78 Å². The number of carbonyl (C=O) groups excluding carboxylic acids is 1. The number of nitriles is 1. The highest BCUT2D eigenvalue weighted by atomic mass is 19.1. The molecule has 0 bridgehead atoms. The molecule has 5 rings (SSSR count). The van der Waals surface area contributed by atoms with Crippen molar-refractivity contribution in [1.29, 1.82) is 5.26 Å². The first kappa shape index (κ1) is 20.6. The van der Waals surface area contributed by atoms with Gasteiger partial charge in [0.2, 0.25) is 0 Å². The summed E-state index contributed by atoms with van der Waals surface area (Å²) in [6, 6.07) is 16.1. The van der Waals surface area contributed by atoms with Gasteiger partial charge in [0.05, 0.1) is 29.4 Å². The van der Waals surface area contributed by atoms with Crippen LogP contribution >= 0.6 is 0 Å². The minimum atomic E-state index is -0.485. The van der Waals surface area contributed by atoms with Crippen molar-refractivity contribution >= 4 is 5.91 Å². The molecule has 1 amide bonds. The fraction of sp³-hybridized carbons (Fsp3) is 0.115. The van der Waals surface area contributed by atoms with E-state index in [1.807, 2.05) is 16.7 Å². The minimum Gasteiger partial charge on any atom is -0.352 e. The molecule has 0 unspecified atom stereocenters. The Labute approximate surface area is 188 Å². The van der Waals surface area contributed by atoms with Gasteiger partial charge in [-0.05, 0) is 42.0 Å². The first-order chi connectivity index (χ1) is 16.1. The molecule has 33 heavy (non-hydrogen) atoms. The number of carbonyl (C=O) groups is 1.